The fourth-order valence-corrected chi connectivity index (χ4v) is 2.80. The van der Waals surface area contributed by atoms with Crippen molar-refractivity contribution in [3.63, 3.8) is 0 Å². The summed E-state index contributed by atoms with van der Waals surface area (Å²) in [5.41, 5.74) is 1.09. The highest BCUT2D eigenvalue weighted by Crippen LogP contribution is 2.34. The van der Waals surface area contributed by atoms with Gasteiger partial charge in [-0.15, -0.1) is 0 Å². The number of aromatic amines is 1. The van der Waals surface area contributed by atoms with Crippen LogP contribution >= 0.6 is 0 Å². The topological polar surface area (TPSA) is 104 Å². The number of rotatable bonds is 4. The summed E-state index contributed by atoms with van der Waals surface area (Å²) in [5, 5.41) is 2.61. The van der Waals surface area contributed by atoms with Crippen molar-refractivity contribution in [1.29, 1.82) is 0 Å². The lowest BCUT2D eigenvalue weighted by Gasteiger charge is -2.20. The zero-order valence-corrected chi connectivity index (χ0v) is 13.9. The number of hydrogen-bond acceptors (Lipinski definition) is 5. The maximum absolute atomic E-state index is 12.4. The van der Waals surface area contributed by atoms with Gasteiger partial charge < -0.3 is 15.0 Å². The van der Waals surface area contributed by atoms with E-state index >= 15 is 0 Å². The molecule has 1 aliphatic heterocycles. The number of methoxy groups -OCH3 is 1. The molecule has 2 heterocycles. The molecule has 0 spiro atoms. The number of aromatic nitrogens is 2. The van der Waals surface area contributed by atoms with Crippen molar-refractivity contribution >= 4 is 23.3 Å². The first-order valence-electron chi connectivity index (χ1n) is 7.79. The van der Waals surface area contributed by atoms with Crippen molar-refractivity contribution in [2.75, 3.05) is 23.9 Å². The highest BCUT2D eigenvalue weighted by atomic mass is 16.5. The fraction of sp³-hybridized carbons (Fsp3) is 0.294. The summed E-state index contributed by atoms with van der Waals surface area (Å²) in [6, 6.07) is 7.04. The summed E-state index contributed by atoms with van der Waals surface area (Å²) in [6.45, 7) is 2.17. The number of benzene rings is 1. The smallest absolute Gasteiger partial charge is 0.346 e. The van der Waals surface area contributed by atoms with E-state index < -0.39 is 11.6 Å². The number of anilines is 2. The van der Waals surface area contributed by atoms with Crippen LogP contribution in [0.2, 0.25) is 0 Å². The normalized spacial score (nSPS) is 16.8. The Balaban J connectivity index is 1.77. The SMILES string of the molecule is COc1ccc(C)cc1N1CC(C(=O)Nc2ccnc(=O)[nH]2)CC1=O. The molecule has 130 valence electrons. The Kier molecular flexibility index (Phi) is 4.51. The van der Waals surface area contributed by atoms with Gasteiger partial charge in [-0.1, -0.05) is 6.07 Å². The van der Waals surface area contributed by atoms with Crippen molar-refractivity contribution in [3.05, 3.63) is 46.5 Å². The fourth-order valence-electron chi connectivity index (χ4n) is 2.80. The van der Waals surface area contributed by atoms with Gasteiger partial charge in [0, 0.05) is 19.2 Å². The zero-order valence-electron chi connectivity index (χ0n) is 13.9. The molecule has 2 amide bonds. The first-order valence-corrected chi connectivity index (χ1v) is 7.79. The van der Waals surface area contributed by atoms with Gasteiger partial charge in [0.2, 0.25) is 11.8 Å². The van der Waals surface area contributed by atoms with E-state index in [1.54, 1.807) is 18.1 Å². The van der Waals surface area contributed by atoms with Crippen LogP contribution in [-0.2, 0) is 9.59 Å². The van der Waals surface area contributed by atoms with E-state index in [1.807, 2.05) is 19.1 Å². The molecule has 8 nitrogen and oxygen atoms in total. The van der Waals surface area contributed by atoms with Gasteiger partial charge in [-0.05, 0) is 30.7 Å². The molecule has 8 heteroatoms. The van der Waals surface area contributed by atoms with Crippen LogP contribution in [0.3, 0.4) is 0 Å². The van der Waals surface area contributed by atoms with Crippen molar-refractivity contribution in [2.24, 2.45) is 5.92 Å². The molecule has 2 aromatic rings. The van der Waals surface area contributed by atoms with Crippen LogP contribution in [0, 0.1) is 12.8 Å². The van der Waals surface area contributed by atoms with Gasteiger partial charge in [0.25, 0.3) is 0 Å². The first kappa shape index (κ1) is 16.7. The minimum atomic E-state index is -0.550. The number of carbonyl (C=O) groups excluding carboxylic acids is 2. The van der Waals surface area contributed by atoms with Crippen LogP contribution in [-0.4, -0.2) is 35.4 Å². The summed E-state index contributed by atoms with van der Waals surface area (Å²) in [7, 11) is 1.54. The predicted octanol–water partition coefficient (Wildman–Crippen LogP) is 1.08. The molecule has 0 saturated carbocycles. The lowest BCUT2D eigenvalue weighted by Crippen LogP contribution is -2.29. The molecule has 2 N–H and O–H groups in total. The van der Waals surface area contributed by atoms with E-state index in [9.17, 15) is 14.4 Å². The minimum Gasteiger partial charge on any atom is -0.495 e. The van der Waals surface area contributed by atoms with Gasteiger partial charge >= 0.3 is 5.69 Å². The van der Waals surface area contributed by atoms with Gasteiger partial charge in [0.15, 0.2) is 0 Å². The third-order valence-electron chi connectivity index (χ3n) is 4.05. The molecule has 0 radical (unpaired) electrons. The van der Waals surface area contributed by atoms with Gasteiger partial charge in [-0.25, -0.2) is 9.78 Å². The Morgan fingerprint density at radius 1 is 1.36 bits per heavy atom. The first-order chi connectivity index (χ1) is 12.0. The molecular formula is C17H18N4O4. The van der Waals surface area contributed by atoms with Gasteiger partial charge in [0.05, 0.1) is 18.7 Å². The van der Waals surface area contributed by atoms with Crippen molar-refractivity contribution < 1.29 is 14.3 Å². The molecule has 1 fully saturated rings. The average molecular weight is 342 g/mol. The molecule has 0 aliphatic carbocycles. The molecule has 1 unspecified atom stereocenters. The van der Waals surface area contributed by atoms with Crippen LogP contribution in [0.15, 0.2) is 35.3 Å². The molecule has 1 saturated heterocycles. The number of H-pyrrole nitrogens is 1. The number of carbonyl (C=O) groups is 2. The summed E-state index contributed by atoms with van der Waals surface area (Å²) < 4.78 is 5.32. The van der Waals surface area contributed by atoms with E-state index in [4.69, 9.17) is 4.74 Å². The monoisotopic (exact) mass is 342 g/mol. The molecule has 25 heavy (non-hydrogen) atoms. The molecule has 0 bridgehead atoms. The number of nitrogens with one attached hydrogen (secondary N) is 2. The Hall–Kier alpha value is -3.16. The Labute approximate surface area is 143 Å². The molecule has 3 rings (SSSR count). The van der Waals surface area contributed by atoms with Crippen molar-refractivity contribution in [3.8, 4) is 5.75 Å². The van der Waals surface area contributed by atoms with Gasteiger partial charge in [-0.3, -0.25) is 14.6 Å². The Bertz CT molecular complexity index is 877. The number of nitrogens with zero attached hydrogens (tertiary/aromatic N) is 2. The summed E-state index contributed by atoms with van der Waals surface area (Å²) in [4.78, 5) is 43.5. The highest BCUT2D eigenvalue weighted by Gasteiger charge is 2.36. The highest BCUT2D eigenvalue weighted by molar-refractivity contribution is 6.04. The van der Waals surface area contributed by atoms with E-state index in [0.717, 1.165) is 5.56 Å². The van der Waals surface area contributed by atoms with Crippen molar-refractivity contribution in [2.45, 2.75) is 13.3 Å². The van der Waals surface area contributed by atoms with E-state index in [1.165, 1.54) is 12.3 Å². The number of amides is 2. The molecule has 1 aromatic heterocycles. The second-order valence-corrected chi connectivity index (χ2v) is 5.86. The van der Waals surface area contributed by atoms with Gasteiger partial charge in [0.1, 0.15) is 11.6 Å². The molecule has 1 aliphatic rings. The van der Waals surface area contributed by atoms with E-state index in [2.05, 4.69) is 15.3 Å². The lowest BCUT2D eigenvalue weighted by molar-refractivity contribution is -0.122. The van der Waals surface area contributed by atoms with E-state index in [0.29, 0.717) is 11.4 Å². The second-order valence-electron chi connectivity index (χ2n) is 5.86. The third kappa shape index (κ3) is 3.52. The van der Waals surface area contributed by atoms with Crippen LogP contribution < -0.4 is 20.6 Å². The largest absolute Gasteiger partial charge is 0.495 e. The maximum atomic E-state index is 12.4. The number of ether oxygens (including phenoxy) is 1. The third-order valence-corrected chi connectivity index (χ3v) is 4.05. The predicted molar refractivity (Wildman–Crippen MR) is 91.7 cm³/mol. The molecule has 1 aromatic carbocycles. The van der Waals surface area contributed by atoms with Crippen LogP contribution in [0.25, 0.3) is 0 Å². The number of hydrogen-bond donors (Lipinski definition) is 2. The molecular weight excluding hydrogens is 324 g/mol. The Morgan fingerprint density at radius 3 is 2.88 bits per heavy atom. The second kappa shape index (κ2) is 6.76. The summed E-state index contributed by atoms with van der Waals surface area (Å²) >= 11 is 0. The van der Waals surface area contributed by atoms with Crippen LogP contribution in [0.1, 0.15) is 12.0 Å². The lowest BCUT2D eigenvalue weighted by atomic mass is 10.1. The molecule has 1 atom stereocenters. The number of aryl methyl sites for hydroxylation is 1. The van der Waals surface area contributed by atoms with Crippen LogP contribution in [0.4, 0.5) is 11.5 Å². The summed E-state index contributed by atoms with van der Waals surface area (Å²) in [5.74, 6) is -0.159. The van der Waals surface area contributed by atoms with Crippen LogP contribution in [0.5, 0.6) is 5.75 Å². The Morgan fingerprint density at radius 2 is 2.16 bits per heavy atom. The summed E-state index contributed by atoms with van der Waals surface area (Å²) in [6.07, 6.45) is 1.40. The standard InChI is InChI=1S/C17H18N4O4/c1-10-3-4-13(25-2)12(7-10)21-9-11(8-15(21)22)16(23)19-14-5-6-18-17(24)20-14/h3-7,11H,8-9H2,1-2H3,(H2,18,19,20,23,24). The maximum Gasteiger partial charge on any atom is 0.346 e. The quantitative estimate of drug-likeness (QED) is 0.865. The average Bonchev–Trinajstić information content (AvgIpc) is 2.96. The zero-order chi connectivity index (χ0) is 18.0. The van der Waals surface area contributed by atoms with Crippen molar-refractivity contribution in [1.82, 2.24) is 9.97 Å². The minimum absolute atomic E-state index is 0.0955. The van der Waals surface area contributed by atoms with Gasteiger partial charge in [-0.2, -0.15) is 0 Å². The van der Waals surface area contributed by atoms with E-state index in [-0.39, 0.29) is 30.6 Å².